The van der Waals surface area contributed by atoms with Gasteiger partial charge < -0.3 is 9.47 Å². The Bertz CT molecular complexity index is 381. The molecule has 2 unspecified atom stereocenters. The van der Waals surface area contributed by atoms with Gasteiger partial charge in [-0.2, -0.15) is 0 Å². The van der Waals surface area contributed by atoms with Crippen LogP contribution in [0, 0.1) is 0 Å². The molecule has 5 heteroatoms. The Balaban J connectivity index is 2.01. The molecule has 1 saturated heterocycles. The van der Waals surface area contributed by atoms with Crippen LogP contribution in [0.4, 0.5) is 0 Å². The summed E-state index contributed by atoms with van der Waals surface area (Å²) < 4.78 is 11.2. The van der Waals surface area contributed by atoms with Crippen LogP contribution < -0.4 is 16.0 Å². The Hall–Kier alpha value is -1.17. The van der Waals surface area contributed by atoms with E-state index in [0.29, 0.717) is 6.61 Å². The predicted molar refractivity (Wildman–Crippen MR) is 73.7 cm³/mol. The van der Waals surface area contributed by atoms with Gasteiger partial charge in [-0.15, -0.1) is 0 Å². The maximum atomic E-state index is 5.76. The van der Waals surface area contributed by atoms with Crippen molar-refractivity contribution in [1.29, 1.82) is 0 Å². The number of nitrogens with zero attached hydrogens (tertiary/aromatic N) is 1. The fraction of sp³-hybridized carbons (Fsp3) is 0.643. The Morgan fingerprint density at radius 1 is 1.53 bits per heavy atom. The van der Waals surface area contributed by atoms with Crippen molar-refractivity contribution in [3.63, 3.8) is 0 Å². The van der Waals surface area contributed by atoms with Crippen LogP contribution in [0.25, 0.3) is 0 Å². The summed E-state index contributed by atoms with van der Waals surface area (Å²) >= 11 is 0. The zero-order valence-electron chi connectivity index (χ0n) is 11.5. The topological polar surface area (TPSA) is 69.4 Å². The number of nitrogens with two attached hydrogens (primary N) is 1. The fourth-order valence-electron chi connectivity index (χ4n) is 2.43. The Morgan fingerprint density at radius 2 is 2.42 bits per heavy atom. The molecule has 106 valence electrons. The van der Waals surface area contributed by atoms with Crippen molar-refractivity contribution in [2.75, 3.05) is 13.2 Å². The highest BCUT2D eigenvalue weighted by molar-refractivity contribution is 5.26. The van der Waals surface area contributed by atoms with Gasteiger partial charge in [0.1, 0.15) is 5.75 Å². The van der Waals surface area contributed by atoms with Crippen LogP contribution in [-0.4, -0.2) is 24.3 Å². The number of nitrogens with one attached hydrogen (secondary N) is 1. The zero-order valence-corrected chi connectivity index (χ0v) is 11.5. The molecule has 0 aliphatic carbocycles. The van der Waals surface area contributed by atoms with Gasteiger partial charge in [0.05, 0.1) is 24.9 Å². The largest absolute Gasteiger partial charge is 0.492 e. The lowest BCUT2D eigenvalue weighted by molar-refractivity contribution is 0.00499. The molecule has 0 spiro atoms. The number of ether oxygens (including phenoxy) is 2. The fourth-order valence-corrected chi connectivity index (χ4v) is 2.43. The van der Waals surface area contributed by atoms with Gasteiger partial charge in [0.25, 0.3) is 0 Å². The van der Waals surface area contributed by atoms with Gasteiger partial charge in [0.2, 0.25) is 0 Å². The van der Waals surface area contributed by atoms with Crippen LogP contribution in [0.5, 0.6) is 5.75 Å². The third kappa shape index (κ3) is 4.16. The van der Waals surface area contributed by atoms with Gasteiger partial charge in [-0.1, -0.05) is 0 Å². The minimum Gasteiger partial charge on any atom is -0.492 e. The second kappa shape index (κ2) is 7.43. The molecule has 1 aromatic heterocycles. The summed E-state index contributed by atoms with van der Waals surface area (Å²) in [5.74, 6) is 6.45. The van der Waals surface area contributed by atoms with E-state index in [4.69, 9.17) is 15.3 Å². The van der Waals surface area contributed by atoms with Crippen molar-refractivity contribution in [1.82, 2.24) is 10.4 Å². The third-order valence-electron chi connectivity index (χ3n) is 3.42. The van der Waals surface area contributed by atoms with Gasteiger partial charge in [0.15, 0.2) is 0 Å². The summed E-state index contributed by atoms with van der Waals surface area (Å²) in [5, 5.41) is 0. The minimum absolute atomic E-state index is 0.0519. The van der Waals surface area contributed by atoms with Crippen LogP contribution in [0.1, 0.15) is 44.2 Å². The molecule has 0 amide bonds. The highest BCUT2D eigenvalue weighted by Crippen LogP contribution is 2.25. The van der Waals surface area contributed by atoms with Crippen LogP contribution >= 0.6 is 0 Å². The molecule has 0 aromatic carbocycles. The molecule has 5 nitrogen and oxygen atoms in total. The SMILES string of the molecule is CCOc1cncc(C(CC2CCCCO2)NN)c1. The lowest BCUT2D eigenvalue weighted by Gasteiger charge is -2.26. The van der Waals surface area contributed by atoms with Crippen LogP contribution in [-0.2, 0) is 4.74 Å². The van der Waals surface area contributed by atoms with E-state index in [-0.39, 0.29) is 12.1 Å². The first-order valence-corrected chi connectivity index (χ1v) is 6.99. The number of hydrogen-bond donors (Lipinski definition) is 2. The highest BCUT2D eigenvalue weighted by Gasteiger charge is 2.20. The maximum Gasteiger partial charge on any atom is 0.137 e. The lowest BCUT2D eigenvalue weighted by atomic mass is 9.98. The molecule has 3 N–H and O–H groups in total. The first-order valence-electron chi connectivity index (χ1n) is 6.99. The number of hydrogen-bond acceptors (Lipinski definition) is 5. The van der Waals surface area contributed by atoms with Crippen molar-refractivity contribution in [3.8, 4) is 5.75 Å². The molecule has 1 fully saturated rings. The Morgan fingerprint density at radius 3 is 3.11 bits per heavy atom. The molecule has 2 heterocycles. The van der Waals surface area contributed by atoms with Crippen molar-refractivity contribution < 1.29 is 9.47 Å². The van der Waals surface area contributed by atoms with E-state index in [1.165, 1.54) is 12.8 Å². The maximum absolute atomic E-state index is 5.76. The summed E-state index contributed by atoms with van der Waals surface area (Å²) in [6, 6.07) is 2.04. The van der Waals surface area contributed by atoms with E-state index in [2.05, 4.69) is 10.4 Å². The minimum atomic E-state index is 0.0519. The Labute approximate surface area is 114 Å². The van der Waals surface area contributed by atoms with E-state index in [1.54, 1.807) is 6.20 Å². The second-order valence-electron chi connectivity index (χ2n) is 4.83. The average molecular weight is 265 g/mol. The molecular weight excluding hydrogens is 242 g/mol. The lowest BCUT2D eigenvalue weighted by Crippen LogP contribution is -2.33. The van der Waals surface area contributed by atoms with Crippen molar-refractivity contribution in [2.24, 2.45) is 5.84 Å². The monoisotopic (exact) mass is 265 g/mol. The molecule has 0 bridgehead atoms. The van der Waals surface area contributed by atoms with Gasteiger partial charge in [0, 0.05) is 12.8 Å². The average Bonchev–Trinajstić information content (AvgIpc) is 2.46. The molecule has 1 aliphatic rings. The highest BCUT2D eigenvalue weighted by atomic mass is 16.5. The van der Waals surface area contributed by atoms with Gasteiger partial charge >= 0.3 is 0 Å². The summed E-state index contributed by atoms with van der Waals surface area (Å²) in [6.07, 6.45) is 8.21. The Kier molecular flexibility index (Phi) is 5.57. The third-order valence-corrected chi connectivity index (χ3v) is 3.42. The van der Waals surface area contributed by atoms with E-state index >= 15 is 0 Å². The number of pyridine rings is 1. The number of rotatable bonds is 6. The molecule has 19 heavy (non-hydrogen) atoms. The summed E-state index contributed by atoms with van der Waals surface area (Å²) in [6.45, 7) is 3.46. The normalized spacial score (nSPS) is 21.1. The first kappa shape index (κ1) is 14.2. The smallest absolute Gasteiger partial charge is 0.137 e. The van der Waals surface area contributed by atoms with E-state index < -0.39 is 0 Å². The molecule has 1 aliphatic heterocycles. The van der Waals surface area contributed by atoms with Crippen LogP contribution in [0.2, 0.25) is 0 Å². The first-order chi connectivity index (χ1) is 9.33. The predicted octanol–water partition coefficient (Wildman–Crippen LogP) is 1.94. The second-order valence-corrected chi connectivity index (χ2v) is 4.83. The summed E-state index contributed by atoms with van der Waals surface area (Å²) in [4.78, 5) is 4.20. The number of aromatic nitrogens is 1. The van der Waals surface area contributed by atoms with Gasteiger partial charge in [-0.05, 0) is 44.2 Å². The van der Waals surface area contributed by atoms with Gasteiger partial charge in [-0.25, -0.2) is 0 Å². The molecule has 2 rings (SSSR count). The molecule has 1 aromatic rings. The van der Waals surface area contributed by atoms with Crippen molar-refractivity contribution in [3.05, 3.63) is 24.0 Å². The van der Waals surface area contributed by atoms with E-state index in [9.17, 15) is 0 Å². The van der Waals surface area contributed by atoms with Gasteiger partial charge in [-0.3, -0.25) is 16.3 Å². The summed E-state index contributed by atoms with van der Waals surface area (Å²) in [5.41, 5.74) is 3.90. The van der Waals surface area contributed by atoms with Crippen LogP contribution in [0.3, 0.4) is 0 Å². The molecule has 0 saturated carbocycles. The van der Waals surface area contributed by atoms with Crippen molar-refractivity contribution >= 4 is 0 Å². The van der Waals surface area contributed by atoms with E-state index in [0.717, 1.165) is 30.8 Å². The quantitative estimate of drug-likeness (QED) is 0.607. The zero-order chi connectivity index (χ0) is 13.5. The van der Waals surface area contributed by atoms with Crippen molar-refractivity contribution in [2.45, 2.75) is 44.8 Å². The van der Waals surface area contributed by atoms with E-state index in [1.807, 2.05) is 19.2 Å². The van der Waals surface area contributed by atoms with Crippen LogP contribution in [0.15, 0.2) is 18.5 Å². The molecule has 0 radical (unpaired) electrons. The summed E-state index contributed by atoms with van der Waals surface area (Å²) in [7, 11) is 0. The molecular formula is C14H23N3O2. The number of hydrazine groups is 1. The molecule has 2 atom stereocenters. The standard InChI is InChI=1S/C14H23N3O2/c1-2-18-13-7-11(9-16-10-13)14(17-15)8-12-5-3-4-6-19-12/h7,9-10,12,14,17H,2-6,8,15H2,1H3.